The quantitative estimate of drug-likeness (QED) is 0.0807. The van der Waals surface area contributed by atoms with Gasteiger partial charge >= 0.3 is 23.9 Å². The van der Waals surface area contributed by atoms with Gasteiger partial charge in [-0.25, -0.2) is 19.2 Å². The van der Waals surface area contributed by atoms with Crippen LogP contribution in [-0.4, -0.2) is 37.1 Å². The molecule has 8 nitrogen and oxygen atoms in total. The zero-order valence-corrected chi connectivity index (χ0v) is 31.0. The van der Waals surface area contributed by atoms with Crippen molar-refractivity contribution in [1.82, 2.24) is 0 Å². The van der Waals surface area contributed by atoms with Crippen LogP contribution in [0.15, 0.2) is 12.1 Å². The summed E-state index contributed by atoms with van der Waals surface area (Å²) in [5.74, 6) is -5.01. The first-order chi connectivity index (χ1) is 22.9. The summed E-state index contributed by atoms with van der Waals surface area (Å²) in [6.07, 6.45) is 10.3. The molecule has 2 fully saturated rings. The van der Waals surface area contributed by atoms with E-state index in [1.807, 2.05) is 0 Å². The minimum atomic E-state index is -1.63. The molecule has 4 unspecified atom stereocenters. The fraction of sp³-hybridized carbons (Fsp3) is 0.529. The Labute approximate surface area is 309 Å². The minimum Gasteiger partial charge on any atom is -0.462 e. The summed E-state index contributed by atoms with van der Waals surface area (Å²) in [5.41, 5.74) is -0.880. The van der Waals surface area contributed by atoms with E-state index in [1.165, 1.54) is 0 Å². The predicted octanol–water partition coefficient (Wildman–Crippen LogP) is 10.9. The summed E-state index contributed by atoms with van der Waals surface area (Å²) in [5, 5.41) is -1.40. The Morgan fingerprint density at radius 2 is 0.938 bits per heavy atom. The second-order valence-electron chi connectivity index (χ2n) is 12.2. The largest absolute Gasteiger partial charge is 0.462 e. The van der Waals surface area contributed by atoms with E-state index in [9.17, 15) is 19.2 Å². The van der Waals surface area contributed by atoms with Crippen LogP contribution in [0.25, 0.3) is 0 Å². The maximum absolute atomic E-state index is 13.2. The van der Waals surface area contributed by atoms with Gasteiger partial charge in [0.1, 0.15) is 11.1 Å². The number of unbranched alkanes of at least 4 members (excludes halogenated alkanes) is 2. The van der Waals surface area contributed by atoms with Crippen molar-refractivity contribution in [3.05, 3.63) is 53.4 Å². The maximum Gasteiger partial charge on any atom is 0.423 e. The molecule has 0 N–H and O–H groups in total. The summed E-state index contributed by atoms with van der Waals surface area (Å²) in [4.78, 5) is 52.5. The lowest BCUT2D eigenvalue weighted by Gasteiger charge is -2.36. The van der Waals surface area contributed by atoms with Gasteiger partial charge in [-0.2, -0.15) is 0 Å². The van der Waals surface area contributed by atoms with Crippen molar-refractivity contribution < 1.29 is 38.1 Å². The number of esters is 4. The minimum absolute atomic E-state index is 0.107. The average molecular weight is 785 g/mol. The first kappa shape index (κ1) is 38.9. The molecule has 0 amide bonds. The SMILES string of the molecule is CCCCC1CCC1COC(=O)c1c(Cl)c(Cl)cc(Cl)c1OC(=O)C(=O)Oc1c(Cl)cc(Cl)c(Cl)c1C(=O)OCC1CCC1CCCC. The van der Waals surface area contributed by atoms with Crippen LogP contribution in [0, 0.1) is 23.7 Å². The molecule has 0 spiro atoms. The second kappa shape index (κ2) is 17.8. The average Bonchev–Trinajstić information content (AvgIpc) is 3.01. The molecule has 0 aromatic heterocycles. The van der Waals surface area contributed by atoms with E-state index in [1.54, 1.807) is 0 Å². The summed E-state index contributed by atoms with van der Waals surface area (Å²) < 4.78 is 21.5. The van der Waals surface area contributed by atoms with E-state index >= 15 is 0 Å². The zero-order valence-electron chi connectivity index (χ0n) is 26.5. The van der Waals surface area contributed by atoms with Gasteiger partial charge in [0, 0.05) is 0 Å². The highest BCUT2D eigenvalue weighted by atomic mass is 35.5. The van der Waals surface area contributed by atoms with E-state index < -0.39 is 46.5 Å². The second-order valence-corrected chi connectivity index (χ2v) is 14.6. The molecule has 4 rings (SSSR count). The molecule has 2 saturated carbocycles. The Morgan fingerprint density at radius 3 is 1.25 bits per heavy atom. The van der Waals surface area contributed by atoms with E-state index in [4.69, 9.17) is 88.6 Å². The molecule has 2 aromatic carbocycles. The highest BCUT2D eigenvalue weighted by molar-refractivity contribution is 6.47. The highest BCUT2D eigenvalue weighted by Crippen LogP contribution is 2.43. The van der Waals surface area contributed by atoms with Crippen molar-refractivity contribution in [3.63, 3.8) is 0 Å². The van der Waals surface area contributed by atoms with Gasteiger partial charge in [0.05, 0.1) is 43.3 Å². The van der Waals surface area contributed by atoms with Gasteiger partial charge in [-0.05, 0) is 61.5 Å². The van der Waals surface area contributed by atoms with Crippen LogP contribution >= 0.6 is 69.6 Å². The van der Waals surface area contributed by atoms with E-state index in [0.717, 1.165) is 76.3 Å². The van der Waals surface area contributed by atoms with Crippen molar-refractivity contribution in [1.29, 1.82) is 0 Å². The van der Waals surface area contributed by atoms with Crippen LogP contribution in [0.5, 0.6) is 11.5 Å². The van der Waals surface area contributed by atoms with E-state index in [0.29, 0.717) is 11.8 Å². The molecule has 0 saturated heterocycles. The molecule has 0 bridgehead atoms. The molecule has 0 heterocycles. The number of carbonyl (C=O) groups is 4. The standard InChI is InChI=1S/C34H36Cl6O8/c1-3-5-7-17-9-11-19(17)15-45-31(41)25-27(39)21(35)13-23(37)29(25)47-33(43)34(44)48-30-24(38)14-22(36)28(40)26(30)32(42)46-16-20-12-10-18(20)8-6-4-2/h13-14,17-20H,3-12,15-16H2,1-2H3. The Kier molecular flexibility index (Phi) is 14.4. The first-order valence-electron chi connectivity index (χ1n) is 16.0. The third-order valence-corrected chi connectivity index (χ3v) is 11.2. The Bertz CT molecular complexity index is 1430. The normalized spacial score (nSPS) is 19.9. The molecule has 14 heteroatoms. The molecular formula is C34H36Cl6O8. The topological polar surface area (TPSA) is 105 Å². The Morgan fingerprint density at radius 1 is 0.583 bits per heavy atom. The fourth-order valence-corrected chi connectivity index (χ4v) is 7.35. The third kappa shape index (κ3) is 9.23. The predicted molar refractivity (Wildman–Crippen MR) is 186 cm³/mol. The van der Waals surface area contributed by atoms with Crippen LogP contribution in [0.4, 0.5) is 0 Å². The van der Waals surface area contributed by atoms with Crippen LogP contribution in [0.2, 0.25) is 30.1 Å². The van der Waals surface area contributed by atoms with Crippen LogP contribution in [0.1, 0.15) is 98.8 Å². The van der Waals surface area contributed by atoms with Gasteiger partial charge in [0.15, 0.2) is 11.5 Å². The van der Waals surface area contributed by atoms with E-state index in [2.05, 4.69) is 13.8 Å². The highest BCUT2D eigenvalue weighted by Gasteiger charge is 2.36. The summed E-state index contributed by atoms with van der Waals surface area (Å²) in [6.45, 7) is 4.47. The lowest BCUT2D eigenvalue weighted by molar-refractivity contribution is -0.156. The number of benzene rings is 2. The van der Waals surface area contributed by atoms with Crippen molar-refractivity contribution in [2.75, 3.05) is 13.2 Å². The van der Waals surface area contributed by atoms with Gasteiger partial charge in [-0.1, -0.05) is 122 Å². The van der Waals surface area contributed by atoms with Crippen molar-refractivity contribution in [2.24, 2.45) is 23.7 Å². The number of hydrogen-bond donors (Lipinski definition) is 0. The molecule has 262 valence electrons. The Balaban J connectivity index is 1.49. The number of rotatable bonds is 14. The molecule has 0 aliphatic heterocycles. The van der Waals surface area contributed by atoms with Gasteiger partial charge < -0.3 is 18.9 Å². The van der Waals surface area contributed by atoms with Gasteiger partial charge in [-0.15, -0.1) is 0 Å². The third-order valence-electron chi connectivity index (χ3n) is 9.08. The number of halogens is 6. The molecular weight excluding hydrogens is 749 g/mol. The number of hydrogen-bond acceptors (Lipinski definition) is 8. The molecule has 2 aromatic rings. The molecule has 4 atom stereocenters. The summed E-state index contributed by atoms with van der Waals surface area (Å²) >= 11 is 37.6. The molecule has 0 radical (unpaired) electrons. The zero-order chi connectivity index (χ0) is 35.1. The molecule has 48 heavy (non-hydrogen) atoms. The number of carbonyl (C=O) groups excluding carboxylic acids is 4. The monoisotopic (exact) mass is 782 g/mol. The lowest BCUT2D eigenvalue weighted by Crippen LogP contribution is -2.31. The van der Waals surface area contributed by atoms with Crippen LogP contribution in [0.3, 0.4) is 0 Å². The Hall–Kier alpha value is -1.94. The number of ether oxygens (including phenoxy) is 4. The molecule has 2 aliphatic carbocycles. The van der Waals surface area contributed by atoms with Crippen molar-refractivity contribution in [2.45, 2.75) is 78.1 Å². The van der Waals surface area contributed by atoms with Crippen LogP contribution in [-0.2, 0) is 19.1 Å². The lowest BCUT2D eigenvalue weighted by atomic mass is 9.72. The van der Waals surface area contributed by atoms with Crippen LogP contribution < -0.4 is 9.47 Å². The first-order valence-corrected chi connectivity index (χ1v) is 18.3. The fourth-order valence-electron chi connectivity index (χ4n) is 5.91. The smallest absolute Gasteiger partial charge is 0.423 e. The molecule has 2 aliphatic rings. The maximum atomic E-state index is 13.2. The van der Waals surface area contributed by atoms with Gasteiger partial charge in [0.2, 0.25) is 0 Å². The van der Waals surface area contributed by atoms with E-state index in [-0.39, 0.29) is 55.2 Å². The van der Waals surface area contributed by atoms with Crippen molar-refractivity contribution >= 4 is 93.5 Å². The van der Waals surface area contributed by atoms with Gasteiger partial charge in [0.25, 0.3) is 0 Å². The van der Waals surface area contributed by atoms with Gasteiger partial charge in [-0.3, -0.25) is 0 Å². The van der Waals surface area contributed by atoms with Crippen molar-refractivity contribution in [3.8, 4) is 11.5 Å². The summed E-state index contributed by atoms with van der Waals surface area (Å²) in [7, 11) is 0. The summed E-state index contributed by atoms with van der Waals surface area (Å²) in [6, 6.07) is 2.28.